The topological polar surface area (TPSA) is 113 Å². The number of sulfonamides is 2. The van der Waals surface area contributed by atoms with Crippen molar-refractivity contribution < 1.29 is 26.4 Å². The molecular formula is C29H32ClN3O6S2. The molecule has 1 atom stereocenters. The number of piperidine rings is 1. The lowest BCUT2D eigenvalue weighted by molar-refractivity contribution is -0.120. The molecule has 0 saturated carbocycles. The van der Waals surface area contributed by atoms with Crippen LogP contribution >= 0.6 is 11.6 Å². The fourth-order valence-corrected chi connectivity index (χ4v) is 8.51. The van der Waals surface area contributed by atoms with Crippen LogP contribution in [0, 0.1) is 12.8 Å². The molecule has 2 heterocycles. The number of amides is 1. The number of carbonyl (C=O) groups excluding carboxylic acids is 1. The Morgan fingerprint density at radius 3 is 2.41 bits per heavy atom. The summed E-state index contributed by atoms with van der Waals surface area (Å²) in [5, 5.41) is 3.33. The molecule has 3 aromatic rings. The second kappa shape index (κ2) is 11.6. The van der Waals surface area contributed by atoms with Crippen molar-refractivity contribution in [2.45, 2.75) is 42.9 Å². The first-order valence-corrected chi connectivity index (χ1v) is 16.7. The molecule has 1 saturated heterocycles. The van der Waals surface area contributed by atoms with Crippen LogP contribution in [0.15, 0.2) is 70.5 Å². The predicted octanol–water partition coefficient (Wildman–Crippen LogP) is 4.84. The number of nitrogens with zero attached hydrogens (tertiary/aromatic N) is 2. The minimum Gasteiger partial charge on any atom is -0.494 e. The average molecular weight is 618 g/mol. The maximum absolute atomic E-state index is 13.4. The number of aryl methyl sites for hydroxylation is 1. The molecule has 1 amide bonds. The van der Waals surface area contributed by atoms with Gasteiger partial charge in [0.15, 0.2) is 0 Å². The van der Waals surface area contributed by atoms with Crippen molar-refractivity contribution in [3.63, 3.8) is 0 Å². The summed E-state index contributed by atoms with van der Waals surface area (Å²) in [4.78, 5) is 13.6. The van der Waals surface area contributed by atoms with Crippen molar-refractivity contribution in [3.05, 3.63) is 76.8 Å². The molecule has 0 aliphatic carbocycles. The molecule has 3 aromatic carbocycles. The fourth-order valence-electron chi connectivity index (χ4n) is 5.28. The second-order valence-corrected chi connectivity index (χ2v) is 14.4. The van der Waals surface area contributed by atoms with E-state index in [4.69, 9.17) is 16.3 Å². The van der Waals surface area contributed by atoms with Crippen molar-refractivity contribution in [1.29, 1.82) is 0 Å². The van der Waals surface area contributed by atoms with Crippen molar-refractivity contribution in [2.75, 3.05) is 35.9 Å². The van der Waals surface area contributed by atoms with Gasteiger partial charge < -0.3 is 10.1 Å². The van der Waals surface area contributed by atoms with E-state index in [2.05, 4.69) is 5.32 Å². The molecule has 9 nitrogen and oxygen atoms in total. The zero-order chi connectivity index (χ0) is 29.4. The quantitative estimate of drug-likeness (QED) is 0.387. The Morgan fingerprint density at radius 2 is 1.71 bits per heavy atom. The maximum atomic E-state index is 13.4. The molecule has 1 fully saturated rings. The van der Waals surface area contributed by atoms with Crippen LogP contribution in [0.5, 0.6) is 5.75 Å². The first kappa shape index (κ1) is 29.4. The lowest BCUT2D eigenvalue weighted by Gasteiger charge is -2.31. The van der Waals surface area contributed by atoms with E-state index in [0.717, 1.165) is 11.1 Å². The number of benzene rings is 3. The standard InChI is InChI=1S/C29H32ClN3O6S2/c1-3-39-28-13-12-26(17-20(28)2)40(35,36)32-15-4-5-22(19-32)29(34)31-24-9-6-21-14-16-33(27(21)18-24)41(37,38)25-10-7-23(30)8-11-25/h6-13,17-18,22H,3-5,14-16,19H2,1-2H3,(H,31,34)/t22-/m0/s1. The van der Waals surface area contributed by atoms with Gasteiger partial charge in [-0.15, -0.1) is 0 Å². The highest BCUT2D eigenvalue weighted by Crippen LogP contribution is 2.36. The number of fused-ring (bicyclic) bond motifs is 1. The molecule has 1 N–H and O–H groups in total. The van der Waals surface area contributed by atoms with E-state index in [1.165, 1.54) is 38.9 Å². The predicted molar refractivity (Wildman–Crippen MR) is 159 cm³/mol. The first-order chi connectivity index (χ1) is 19.5. The summed E-state index contributed by atoms with van der Waals surface area (Å²) in [5.74, 6) is -0.224. The van der Waals surface area contributed by atoms with E-state index in [-0.39, 0.29) is 28.8 Å². The van der Waals surface area contributed by atoms with Gasteiger partial charge in [-0.25, -0.2) is 16.8 Å². The van der Waals surface area contributed by atoms with Crippen LogP contribution in [-0.4, -0.2) is 53.3 Å². The molecule has 218 valence electrons. The van der Waals surface area contributed by atoms with E-state index in [0.29, 0.717) is 54.6 Å². The van der Waals surface area contributed by atoms with Crippen molar-refractivity contribution in [3.8, 4) is 5.75 Å². The minimum absolute atomic E-state index is 0.0580. The van der Waals surface area contributed by atoms with Gasteiger partial charge in [-0.3, -0.25) is 9.10 Å². The van der Waals surface area contributed by atoms with Crippen LogP contribution in [0.2, 0.25) is 5.02 Å². The summed E-state index contributed by atoms with van der Waals surface area (Å²) in [7, 11) is -7.61. The molecule has 12 heteroatoms. The van der Waals surface area contributed by atoms with Gasteiger partial charge in [0, 0.05) is 30.3 Å². The van der Waals surface area contributed by atoms with Gasteiger partial charge in [0.1, 0.15) is 5.75 Å². The number of nitrogens with one attached hydrogen (secondary N) is 1. The van der Waals surface area contributed by atoms with Crippen molar-refractivity contribution in [2.24, 2.45) is 5.92 Å². The van der Waals surface area contributed by atoms with Gasteiger partial charge >= 0.3 is 0 Å². The first-order valence-electron chi connectivity index (χ1n) is 13.5. The normalized spacial score (nSPS) is 17.7. The van der Waals surface area contributed by atoms with Crippen LogP contribution in [0.1, 0.15) is 30.9 Å². The summed E-state index contributed by atoms with van der Waals surface area (Å²) >= 11 is 5.93. The maximum Gasteiger partial charge on any atom is 0.264 e. The molecule has 41 heavy (non-hydrogen) atoms. The molecule has 0 unspecified atom stereocenters. The van der Waals surface area contributed by atoms with E-state index in [9.17, 15) is 21.6 Å². The van der Waals surface area contributed by atoms with E-state index >= 15 is 0 Å². The number of hydrogen-bond donors (Lipinski definition) is 1. The summed E-state index contributed by atoms with van der Waals surface area (Å²) in [6.07, 6.45) is 1.64. The smallest absolute Gasteiger partial charge is 0.264 e. The second-order valence-electron chi connectivity index (χ2n) is 10.2. The summed E-state index contributed by atoms with van der Waals surface area (Å²) in [6, 6.07) is 16.0. The van der Waals surface area contributed by atoms with E-state index in [1.807, 2.05) is 13.0 Å². The summed E-state index contributed by atoms with van der Waals surface area (Å²) in [5.41, 5.74) is 2.55. The van der Waals surface area contributed by atoms with Crippen LogP contribution < -0.4 is 14.4 Å². The highest BCUT2D eigenvalue weighted by Gasteiger charge is 2.35. The summed E-state index contributed by atoms with van der Waals surface area (Å²) < 4.78 is 61.7. The van der Waals surface area contributed by atoms with E-state index in [1.54, 1.807) is 31.2 Å². The Labute approximate surface area is 246 Å². The lowest BCUT2D eigenvalue weighted by Crippen LogP contribution is -2.43. The molecule has 0 radical (unpaired) electrons. The van der Waals surface area contributed by atoms with Crippen LogP contribution in [-0.2, 0) is 31.3 Å². The number of rotatable bonds is 8. The van der Waals surface area contributed by atoms with Crippen LogP contribution in [0.3, 0.4) is 0 Å². The number of hydrogen-bond acceptors (Lipinski definition) is 6. The minimum atomic E-state index is -3.81. The molecular weight excluding hydrogens is 586 g/mol. The monoisotopic (exact) mass is 617 g/mol. The third-order valence-electron chi connectivity index (χ3n) is 7.45. The number of carbonyl (C=O) groups is 1. The Hall–Kier alpha value is -3.12. The SMILES string of the molecule is CCOc1ccc(S(=O)(=O)N2CCC[C@H](C(=O)Nc3ccc4c(c3)N(S(=O)(=O)c3ccc(Cl)cc3)CC4)C2)cc1C. The van der Waals surface area contributed by atoms with Gasteiger partial charge in [0.05, 0.1) is 28.0 Å². The lowest BCUT2D eigenvalue weighted by atomic mass is 9.98. The van der Waals surface area contributed by atoms with Crippen molar-refractivity contribution >= 4 is 48.9 Å². The zero-order valence-electron chi connectivity index (χ0n) is 22.8. The highest BCUT2D eigenvalue weighted by molar-refractivity contribution is 7.92. The Balaban J connectivity index is 1.31. The Morgan fingerprint density at radius 1 is 0.976 bits per heavy atom. The van der Waals surface area contributed by atoms with E-state index < -0.39 is 26.0 Å². The summed E-state index contributed by atoms with van der Waals surface area (Å²) in [6.45, 7) is 4.83. The Bertz CT molecular complexity index is 1680. The largest absolute Gasteiger partial charge is 0.494 e. The molecule has 0 spiro atoms. The van der Waals surface area contributed by atoms with Crippen LogP contribution in [0.25, 0.3) is 0 Å². The number of anilines is 2. The highest BCUT2D eigenvalue weighted by atomic mass is 35.5. The van der Waals surface area contributed by atoms with Gasteiger partial charge in [-0.2, -0.15) is 4.31 Å². The molecule has 5 rings (SSSR count). The van der Waals surface area contributed by atoms with Gasteiger partial charge in [-0.05, 0) is 98.8 Å². The molecule has 0 bridgehead atoms. The Kier molecular flexibility index (Phi) is 8.34. The number of halogens is 1. The van der Waals surface area contributed by atoms with Gasteiger partial charge in [0.2, 0.25) is 15.9 Å². The fraction of sp³-hybridized carbons (Fsp3) is 0.345. The average Bonchev–Trinajstić information content (AvgIpc) is 3.39. The zero-order valence-corrected chi connectivity index (χ0v) is 25.2. The van der Waals surface area contributed by atoms with Gasteiger partial charge in [-0.1, -0.05) is 17.7 Å². The number of ether oxygens (including phenoxy) is 1. The third-order valence-corrected chi connectivity index (χ3v) is 11.4. The van der Waals surface area contributed by atoms with Crippen molar-refractivity contribution in [1.82, 2.24) is 4.31 Å². The van der Waals surface area contributed by atoms with Crippen LogP contribution in [0.4, 0.5) is 11.4 Å². The van der Waals surface area contributed by atoms with Gasteiger partial charge in [0.25, 0.3) is 10.0 Å². The molecule has 0 aromatic heterocycles. The molecule has 2 aliphatic rings. The molecule has 2 aliphatic heterocycles. The third kappa shape index (κ3) is 5.94.